The number of aliphatic hydroxyl groups excluding tert-OH is 1. The molecular formula is C21H38N9O4PS. The number of nitrogens with zero attached hydrogens (tertiary/aromatic N) is 5. The Balaban J connectivity index is 1.63. The molecule has 0 bridgehead atoms. The van der Waals surface area contributed by atoms with Gasteiger partial charge in [-0.3, -0.25) is 4.57 Å². The maximum Gasteiger partial charge on any atom is 0.326 e. The van der Waals surface area contributed by atoms with E-state index in [9.17, 15) is 4.57 Å². The molecule has 1 aromatic rings. The fourth-order valence-electron chi connectivity index (χ4n) is 3.99. The van der Waals surface area contributed by atoms with Crippen molar-refractivity contribution in [1.29, 1.82) is 5.53 Å². The van der Waals surface area contributed by atoms with E-state index in [4.69, 9.17) is 25.4 Å². The van der Waals surface area contributed by atoms with Crippen LogP contribution in [0.2, 0.25) is 0 Å². The second-order valence-electron chi connectivity index (χ2n) is 8.82. The summed E-state index contributed by atoms with van der Waals surface area (Å²) in [5.74, 6) is 4.13. The number of aromatic nitrogens is 2. The predicted molar refractivity (Wildman–Crippen MR) is 143 cm³/mol. The van der Waals surface area contributed by atoms with Crippen LogP contribution < -0.4 is 20.9 Å². The standard InChI is InChI=1S/C21H38N9O4PS/c22-28-18(15-23-4-1-10-31)16-24-21-26-19(14-20(27-21)30-8-12-36-13-9-30)25-17-2-5-29(6-3-17)7-11-35(32,33)34/h14-15,17,22-23,31H,1-13,16H2,(H2,32,33,34)(H2,24,25,26,27)/b18-15-,28-22?. The summed E-state index contributed by atoms with van der Waals surface area (Å²) in [6.45, 7) is 4.76. The maximum absolute atomic E-state index is 11.2. The van der Waals surface area contributed by atoms with Gasteiger partial charge in [0.05, 0.1) is 18.4 Å². The Labute approximate surface area is 216 Å². The van der Waals surface area contributed by atoms with E-state index in [1.165, 1.54) is 0 Å². The second-order valence-corrected chi connectivity index (χ2v) is 11.8. The van der Waals surface area contributed by atoms with Gasteiger partial charge >= 0.3 is 7.60 Å². The number of hydrogen-bond donors (Lipinski definition) is 7. The lowest BCUT2D eigenvalue weighted by Crippen LogP contribution is -2.40. The van der Waals surface area contributed by atoms with Gasteiger partial charge in [-0.05, 0) is 19.3 Å². The van der Waals surface area contributed by atoms with E-state index in [-0.39, 0.29) is 25.4 Å². The number of rotatable bonds is 14. The number of aliphatic hydroxyl groups is 1. The minimum Gasteiger partial charge on any atom is -0.396 e. The van der Waals surface area contributed by atoms with Crippen LogP contribution in [0.15, 0.2) is 23.1 Å². The fraction of sp³-hybridized carbons (Fsp3) is 0.714. The Hall–Kier alpha value is -1.96. The highest BCUT2D eigenvalue weighted by atomic mass is 32.2. The topological polar surface area (TPSA) is 182 Å². The molecule has 15 heteroatoms. The third-order valence-corrected chi connectivity index (χ3v) is 7.74. The monoisotopic (exact) mass is 543 g/mol. The lowest BCUT2D eigenvalue weighted by atomic mass is 10.1. The first-order valence-corrected chi connectivity index (χ1v) is 15.2. The van der Waals surface area contributed by atoms with Crippen LogP contribution in [0.25, 0.3) is 0 Å². The summed E-state index contributed by atoms with van der Waals surface area (Å²) in [4.78, 5) is 32.0. The molecular weight excluding hydrogens is 505 g/mol. The van der Waals surface area contributed by atoms with E-state index in [0.29, 0.717) is 31.2 Å². The zero-order valence-corrected chi connectivity index (χ0v) is 22.2. The first kappa shape index (κ1) is 28.6. The smallest absolute Gasteiger partial charge is 0.326 e. The molecule has 2 saturated heterocycles. The quantitative estimate of drug-likeness (QED) is 0.102. The molecule has 1 aromatic heterocycles. The summed E-state index contributed by atoms with van der Waals surface area (Å²) in [5, 5.41) is 22.2. The van der Waals surface area contributed by atoms with Gasteiger partial charge in [-0.2, -0.15) is 26.8 Å². The summed E-state index contributed by atoms with van der Waals surface area (Å²) in [5.41, 5.74) is 7.91. The van der Waals surface area contributed by atoms with Gasteiger partial charge in [0.25, 0.3) is 0 Å². The predicted octanol–water partition coefficient (Wildman–Crippen LogP) is 1.34. The molecule has 0 atom stereocenters. The van der Waals surface area contributed by atoms with Crippen LogP contribution in [-0.4, -0.2) is 106 Å². The molecule has 0 aromatic carbocycles. The van der Waals surface area contributed by atoms with Crippen molar-refractivity contribution in [3.05, 3.63) is 18.0 Å². The molecule has 13 nitrogen and oxygen atoms in total. The first-order chi connectivity index (χ1) is 17.4. The van der Waals surface area contributed by atoms with Crippen LogP contribution in [-0.2, 0) is 4.57 Å². The number of likely N-dealkylation sites (tertiary alicyclic amines) is 1. The highest BCUT2D eigenvalue weighted by molar-refractivity contribution is 7.99. The number of thioether (sulfide) groups is 1. The molecule has 0 amide bonds. The molecule has 2 fully saturated rings. The number of piperidine rings is 1. The lowest BCUT2D eigenvalue weighted by Gasteiger charge is -2.33. The minimum atomic E-state index is -3.98. The van der Waals surface area contributed by atoms with Crippen LogP contribution in [0.5, 0.6) is 0 Å². The summed E-state index contributed by atoms with van der Waals surface area (Å²) < 4.78 is 11.2. The van der Waals surface area contributed by atoms with Gasteiger partial charge in [-0.1, -0.05) is 0 Å². The van der Waals surface area contributed by atoms with Crippen LogP contribution in [0, 0.1) is 5.53 Å². The van der Waals surface area contributed by atoms with E-state index < -0.39 is 7.60 Å². The number of hydrogen-bond acceptors (Lipinski definition) is 12. The van der Waals surface area contributed by atoms with Crippen LogP contribution >= 0.6 is 19.4 Å². The van der Waals surface area contributed by atoms with Crippen molar-refractivity contribution >= 4 is 36.9 Å². The molecule has 202 valence electrons. The second kappa shape index (κ2) is 14.7. The molecule has 2 aliphatic heterocycles. The molecule has 36 heavy (non-hydrogen) atoms. The van der Waals surface area contributed by atoms with Crippen molar-refractivity contribution in [2.75, 3.05) is 85.6 Å². The highest BCUT2D eigenvalue weighted by Gasteiger charge is 2.23. The van der Waals surface area contributed by atoms with Crippen molar-refractivity contribution in [2.45, 2.75) is 25.3 Å². The zero-order chi connectivity index (χ0) is 25.8. The highest BCUT2D eigenvalue weighted by Crippen LogP contribution is 2.34. The average Bonchev–Trinajstić information content (AvgIpc) is 2.88. The summed E-state index contributed by atoms with van der Waals surface area (Å²) >= 11 is 1.93. The third-order valence-electron chi connectivity index (χ3n) is 6.01. The largest absolute Gasteiger partial charge is 0.396 e. The lowest BCUT2D eigenvalue weighted by molar-refractivity contribution is 0.226. The summed E-state index contributed by atoms with van der Waals surface area (Å²) in [7, 11) is -3.98. The van der Waals surface area contributed by atoms with E-state index >= 15 is 0 Å². The Kier molecular flexibility index (Phi) is 11.7. The number of nitrogens with one attached hydrogen (secondary N) is 4. The molecule has 0 radical (unpaired) electrons. The fourth-order valence-corrected chi connectivity index (χ4v) is 5.43. The van der Waals surface area contributed by atoms with Gasteiger partial charge in [0.15, 0.2) is 0 Å². The van der Waals surface area contributed by atoms with Crippen molar-refractivity contribution < 1.29 is 19.5 Å². The Morgan fingerprint density at radius 1 is 1.25 bits per heavy atom. The molecule has 3 heterocycles. The van der Waals surface area contributed by atoms with Crippen molar-refractivity contribution in [3.8, 4) is 0 Å². The van der Waals surface area contributed by atoms with Gasteiger partial charge in [-0.25, -0.2) is 5.53 Å². The van der Waals surface area contributed by atoms with Crippen LogP contribution in [0.3, 0.4) is 0 Å². The molecule has 7 N–H and O–H groups in total. The van der Waals surface area contributed by atoms with Crippen LogP contribution in [0.4, 0.5) is 17.6 Å². The zero-order valence-electron chi connectivity index (χ0n) is 20.5. The summed E-state index contributed by atoms with van der Waals surface area (Å²) in [6, 6.07) is 2.18. The third kappa shape index (κ3) is 10.2. The molecule has 2 aliphatic rings. The van der Waals surface area contributed by atoms with E-state index in [1.54, 1.807) is 6.20 Å². The minimum absolute atomic E-state index is 0.101. The van der Waals surface area contributed by atoms with E-state index in [2.05, 4.69) is 35.8 Å². The first-order valence-electron chi connectivity index (χ1n) is 12.3. The molecule has 3 rings (SSSR count). The van der Waals surface area contributed by atoms with Crippen molar-refractivity contribution in [2.24, 2.45) is 5.11 Å². The Morgan fingerprint density at radius 2 is 2.00 bits per heavy atom. The SMILES string of the molecule is N=N/C(=C\NCCCO)CNc1nc(NC2CCN(CCP(=O)(O)O)CC2)cc(N2CCSCC2)n1. The van der Waals surface area contributed by atoms with Gasteiger partial charge < -0.3 is 40.6 Å². The van der Waals surface area contributed by atoms with Gasteiger partial charge in [-0.15, -0.1) is 0 Å². The molecule has 0 saturated carbocycles. The van der Waals surface area contributed by atoms with Gasteiger partial charge in [0, 0.05) is 75.7 Å². The van der Waals surface area contributed by atoms with Crippen molar-refractivity contribution in [1.82, 2.24) is 20.2 Å². The Bertz CT molecular complexity index is 905. The van der Waals surface area contributed by atoms with Gasteiger partial charge in [0.2, 0.25) is 5.95 Å². The molecule has 0 unspecified atom stereocenters. The average molecular weight is 544 g/mol. The van der Waals surface area contributed by atoms with Crippen LogP contribution in [0.1, 0.15) is 19.3 Å². The van der Waals surface area contributed by atoms with E-state index in [1.807, 2.05) is 17.8 Å². The summed E-state index contributed by atoms with van der Waals surface area (Å²) in [6.07, 6.45) is 3.87. The van der Waals surface area contributed by atoms with Crippen molar-refractivity contribution in [3.63, 3.8) is 0 Å². The van der Waals surface area contributed by atoms with E-state index in [0.717, 1.165) is 62.2 Å². The maximum atomic E-state index is 11.2. The molecule has 0 spiro atoms. The van der Waals surface area contributed by atoms with Gasteiger partial charge in [0.1, 0.15) is 11.6 Å². The number of anilines is 3. The Morgan fingerprint density at radius 3 is 2.67 bits per heavy atom. The molecule has 0 aliphatic carbocycles. The normalized spacial score (nSPS) is 18.2.